The highest BCUT2D eigenvalue weighted by Crippen LogP contribution is 2.24. The van der Waals surface area contributed by atoms with Gasteiger partial charge in [0.25, 0.3) is 0 Å². The van der Waals surface area contributed by atoms with Crippen molar-refractivity contribution in [1.82, 2.24) is 25.7 Å². The standard InChI is InChI=1S/C18H16N6O2/c1-11-14(17(24-26-11)12-5-3-2-4-6-12)9-20-18(25)22-16-7-13-8-21-23-15(13)10-19-16/h2-8,10H,9H2,1H3,(H,21,23)(H2,19,20,22,25). The van der Waals surface area contributed by atoms with Crippen molar-refractivity contribution >= 4 is 22.8 Å². The van der Waals surface area contributed by atoms with Gasteiger partial charge in [-0.3, -0.25) is 10.4 Å². The normalized spacial score (nSPS) is 10.8. The Morgan fingerprint density at radius 3 is 2.92 bits per heavy atom. The Hall–Kier alpha value is -3.68. The highest BCUT2D eigenvalue weighted by Gasteiger charge is 2.15. The fourth-order valence-corrected chi connectivity index (χ4v) is 2.66. The SMILES string of the molecule is Cc1onc(-c2ccccc2)c1CNC(=O)Nc1cc2cn[nH]c2cn1. The van der Waals surface area contributed by atoms with Crippen molar-refractivity contribution in [2.24, 2.45) is 0 Å². The second kappa shape index (κ2) is 6.67. The molecule has 0 aliphatic rings. The first kappa shape index (κ1) is 15.8. The Morgan fingerprint density at radius 2 is 2.08 bits per heavy atom. The number of nitrogens with one attached hydrogen (secondary N) is 3. The van der Waals surface area contributed by atoms with Gasteiger partial charge in [-0.25, -0.2) is 9.78 Å². The number of aryl methyl sites for hydroxylation is 1. The minimum atomic E-state index is -0.361. The molecule has 0 unspecified atom stereocenters. The van der Waals surface area contributed by atoms with Gasteiger partial charge >= 0.3 is 6.03 Å². The Labute approximate surface area is 148 Å². The van der Waals surface area contributed by atoms with Crippen LogP contribution in [0.4, 0.5) is 10.6 Å². The van der Waals surface area contributed by atoms with Crippen LogP contribution in [0.15, 0.2) is 53.3 Å². The third-order valence-electron chi connectivity index (χ3n) is 4.02. The molecule has 3 heterocycles. The minimum Gasteiger partial charge on any atom is -0.361 e. The molecule has 3 aromatic heterocycles. The summed E-state index contributed by atoms with van der Waals surface area (Å²) in [6, 6.07) is 11.1. The first-order chi connectivity index (χ1) is 12.7. The fraction of sp³-hybridized carbons (Fsp3) is 0.111. The van der Waals surface area contributed by atoms with Crippen LogP contribution in [0, 0.1) is 6.92 Å². The fourth-order valence-electron chi connectivity index (χ4n) is 2.66. The summed E-state index contributed by atoms with van der Waals surface area (Å²) >= 11 is 0. The van der Waals surface area contributed by atoms with E-state index in [9.17, 15) is 4.79 Å². The molecule has 3 N–H and O–H groups in total. The number of nitrogens with zero attached hydrogens (tertiary/aromatic N) is 3. The Bertz CT molecular complexity index is 1050. The van der Waals surface area contributed by atoms with Crippen molar-refractivity contribution in [3.05, 3.63) is 60.1 Å². The van der Waals surface area contributed by atoms with E-state index in [1.165, 1.54) is 0 Å². The molecule has 0 aliphatic heterocycles. The van der Waals surface area contributed by atoms with Crippen LogP contribution in [0.25, 0.3) is 22.2 Å². The van der Waals surface area contributed by atoms with E-state index in [1.807, 2.05) is 37.3 Å². The summed E-state index contributed by atoms with van der Waals surface area (Å²) in [5, 5.41) is 17.2. The van der Waals surface area contributed by atoms with Gasteiger partial charge in [0.1, 0.15) is 17.3 Å². The molecular weight excluding hydrogens is 332 g/mol. The van der Waals surface area contributed by atoms with E-state index < -0.39 is 0 Å². The van der Waals surface area contributed by atoms with Crippen LogP contribution in [-0.4, -0.2) is 26.4 Å². The van der Waals surface area contributed by atoms with Crippen LogP contribution in [0.3, 0.4) is 0 Å². The van der Waals surface area contributed by atoms with Gasteiger partial charge in [0, 0.05) is 16.5 Å². The largest absolute Gasteiger partial charge is 0.361 e. The lowest BCUT2D eigenvalue weighted by atomic mass is 10.1. The summed E-state index contributed by atoms with van der Waals surface area (Å²) in [6.07, 6.45) is 3.29. The van der Waals surface area contributed by atoms with Crippen LogP contribution >= 0.6 is 0 Å². The maximum atomic E-state index is 12.2. The zero-order valence-electron chi connectivity index (χ0n) is 14.0. The maximum Gasteiger partial charge on any atom is 0.320 e. The molecule has 0 radical (unpaired) electrons. The number of H-pyrrole nitrogens is 1. The quantitative estimate of drug-likeness (QED) is 0.524. The molecule has 0 aliphatic carbocycles. The van der Waals surface area contributed by atoms with Crippen LogP contribution < -0.4 is 10.6 Å². The summed E-state index contributed by atoms with van der Waals surface area (Å²) in [7, 11) is 0. The third kappa shape index (κ3) is 3.12. The Balaban J connectivity index is 1.45. The van der Waals surface area contributed by atoms with E-state index in [2.05, 4.69) is 31.0 Å². The molecular formula is C18H16N6O2. The van der Waals surface area contributed by atoms with Crippen molar-refractivity contribution in [2.75, 3.05) is 5.32 Å². The molecule has 0 spiro atoms. The van der Waals surface area contributed by atoms with Crippen LogP contribution in [0.2, 0.25) is 0 Å². The summed E-state index contributed by atoms with van der Waals surface area (Å²) in [6.45, 7) is 2.11. The summed E-state index contributed by atoms with van der Waals surface area (Å²) < 4.78 is 5.30. The number of hydrogen-bond donors (Lipinski definition) is 3. The maximum absolute atomic E-state index is 12.2. The number of benzene rings is 1. The van der Waals surface area contributed by atoms with Crippen molar-refractivity contribution in [2.45, 2.75) is 13.5 Å². The van der Waals surface area contributed by atoms with Crippen molar-refractivity contribution in [3.8, 4) is 11.3 Å². The summed E-state index contributed by atoms with van der Waals surface area (Å²) in [4.78, 5) is 16.4. The molecule has 0 fully saturated rings. The number of rotatable bonds is 4. The lowest BCUT2D eigenvalue weighted by Crippen LogP contribution is -2.28. The monoisotopic (exact) mass is 348 g/mol. The summed E-state index contributed by atoms with van der Waals surface area (Å²) in [5.41, 5.74) is 3.31. The lowest BCUT2D eigenvalue weighted by molar-refractivity contribution is 0.251. The topological polar surface area (TPSA) is 109 Å². The molecule has 0 saturated carbocycles. The number of fused-ring (bicyclic) bond motifs is 1. The first-order valence-corrected chi connectivity index (χ1v) is 8.05. The number of pyridine rings is 1. The zero-order valence-corrected chi connectivity index (χ0v) is 14.0. The Kier molecular flexibility index (Phi) is 4.06. The highest BCUT2D eigenvalue weighted by molar-refractivity contribution is 5.90. The lowest BCUT2D eigenvalue weighted by Gasteiger charge is -2.07. The molecule has 4 aromatic rings. The highest BCUT2D eigenvalue weighted by atomic mass is 16.5. The van der Waals surface area contributed by atoms with Crippen LogP contribution in [0.5, 0.6) is 0 Å². The predicted octanol–water partition coefficient (Wildman–Crippen LogP) is 3.24. The number of hydrogen-bond acceptors (Lipinski definition) is 5. The molecule has 8 heteroatoms. The number of amides is 2. The molecule has 26 heavy (non-hydrogen) atoms. The second-order valence-corrected chi connectivity index (χ2v) is 5.77. The van der Waals surface area contributed by atoms with Gasteiger partial charge in [-0.05, 0) is 13.0 Å². The van der Waals surface area contributed by atoms with Gasteiger partial charge in [-0.1, -0.05) is 35.5 Å². The van der Waals surface area contributed by atoms with E-state index in [0.29, 0.717) is 18.1 Å². The first-order valence-electron chi connectivity index (χ1n) is 8.05. The second-order valence-electron chi connectivity index (χ2n) is 5.77. The van der Waals surface area contributed by atoms with E-state index in [-0.39, 0.29) is 6.03 Å². The van der Waals surface area contributed by atoms with E-state index in [1.54, 1.807) is 18.5 Å². The van der Waals surface area contributed by atoms with E-state index in [4.69, 9.17) is 4.52 Å². The molecule has 0 saturated heterocycles. The molecule has 4 rings (SSSR count). The van der Waals surface area contributed by atoms with Crippen LogP contribution in [-0.2, 0) is 6.54 Å². The zero-order chi connectivity index (χ0) is 17.9. The average Bonchev–Trinajstić information content (AvgIpc) is 3.26. The van der Waals surface area contributed by atoms with Crippen molar-refractivity contribution in [1.29, 1.82) is 0 Å². The molecule has 8 nitrogen and oxygen atoms in total. The Morgan fingerprint density at radius 1 is 1.23 bits per heavy atom. The number of aromatic amines is 1. The molecule has 2 amide bonds. The van der Waals surface area contributed by atoms with Gasteiger partial charge in [-0.2, -0.15) is 5.10 Å². The smallest absolute Gasteiger partial charge is 0.320 e. The number of carbonyl (C=O) groups excluding carboxylic acids is 1. The number of carbonyl (C=O) groups is 1. The number of anilines is 1. The van der Waals surface area contributed by atoms with Gasteiger partial charge < -0.3 is 9.84 Å². The van der Waals surface area contributed by atoms with Gasteiger partial charge in [0.2, 0.25) is 0 Å². The number of urea groups is 1. The molecule has 130 valence electrons. The average molecular weight is 348 g/mol. The predicted molar refractivity (Wildman–Crippen MR) is 96.4 cm³/mol. The molecule has 0 bridgehead atoms. The van der Waals surface area contributed by atoms with E-state index >= 15 is 0 Å². The molecule has 0 atom stereocenters. The minimum absolute atomic E-state index is 0.291. The van der Waals surface area contributed by atoms with Crippen molar-refractivity contribution < 1.29 is 9.32 Å². The third-order valence-corrected chi connectivity index (χ3v) is 4.02. The summed E-state index contributed by atoms with van der Waals surface area (Å²) in [5.74, 6) is 1.11. The van der Waals surface area contributed by atoms with Gasteiger partial charge in [-0.15, -0.1) is 0 Å². The van der Waals surface area contributed by atoms with Gasteiger partial charge in [0.05, 0.1) is 24.5 Å². The van der Waals surface area contributed by atoms with Gasteiger partial charge in [0.15, 0.2) is 0 Å². The van der Waals surface area contributed by atoms with Crippen LogP contribution in [0.1, 0.15) is 11.3 Å². The van der Waals surface area contributed by atoms with Crippen molar-refractivity contribution in [3.63, 3.8) is 0 Å². The molecule has 1 aromatic carbocycles. The number of aromatic nitrogens is 4. The van der Waals surface area contributed by atoms with E-state index in [0.717, 1.165) is 27.7 Å².